The molecule has 0 heterocycles. The van der Waals surface area contributed by atoms with Crippen molar-refractivity contribution in [3.05, 3.63) is 76.9 Å². The summed E-state index contributed by atoms with van der Waals surface area (Å²) in [5, 5.41) is 22.2. The lowest BCUT2D eigenvalue weighted by Crippen LogP contribution is -2.15. The zero-order valence-electron chi connectivity index (χ0n) is 15.1. The van der Waals surface area contributed by atoms with Crippen LogP contribution in [-0.4, -0.2) is 16.1 Å². The normalized spacial score (nSPS) is 11.6. The van der Waals surface area contributed by atoms with Gasteiger partial charge in [0.25, 0.3) is 0 Å². The van der Waals surface area contributed by atoms with Crippen molar-refractivity contribution in [3.8, 4) is 28.0 Å². The standard InChI is InChI=1S/C22H22N2O2/c1-13-4-9-18(15(3)10-13)21-19(16-5-7-17(25)8-6-16)11-14(2)12-20(21)22(23)24-26/h4-12,25-26H,1-3H3,(H2,23,24). The van der Waals surface area contributed by atoms with Gasteiger partial charge in [0.2, 0.25) is 0 Å². The van der Waals surface area contributed by atoms with Gasteiger partial charge in [-0.25, -0.2) is 0 Å². The third-order valence-corrected chi connectivity index (χ3v) is 4.50. The minimum Gasteiger partial charge on any atom is -0.508 e. The van der Waals surface area contributed by atoms with Gasteiger partial charge in [0, 0.05) is 11.1 Å². The number of aryl methyl sites for hydroxylation is 3. The molecule has 0 atom stereocenters. The van der Waals surface area contributed by atoms with Crippen LogP contribution in [0.5, 0.6) is 5.75 Å². The summed E-state index contributed by atoms with van der Waals surface area (Å²) >= 11 is 0. The fraction of sp³-hybridized carbons (Fsp3) is 0.136. The van der Waals surface area contributed by atoms with Gasteiger partial charge in [-0.05, 0) is 66.8 Å². The minimum absolute atomic E-state index is 0.0729. The number of aromatic hydroxyl groups is 1. The number of benzene rings is 3. The highest BCUT2D eigenvalue weighted by atomic mass is 16.4. The maximum atomic E-state index is 9.63. The topological polar surface area (TPSA) is 78.8 Å². The monoisotopic (exact) mass is 346 g/mol. The van der Waals surface area contributed by atoms with Crippen LogP contribution in [0.1, 0.15) is 22.3 Å². The van der Waals surface area contributed by atoms with E-state index in [0.29, 0.717) is 5.56 Å². The third-order valence-electron chi connectivity index (χ3n) is 4.50. The Balaban J connectivity index is 2.40. The van der Waals surface area contributed by atoms with Crippen LogP contribution in [0.15, 0.2) is 59.8 Å². The summed E-state index contributed by atoms with van der Waals surface area (Å²) in [7, 11) is 0. The SMILES string of the molecule is Cc1ccc(-c2c(/C(N)=N/O)cc(C)cc2-c2ccc(O)cc2)c(C)c1. The first-order chi connectivity index (χ1) is 12.4. The van der Waals surface area contributed by atoms with Crippen molar-refractivity contribution in [2.24, 2.45) is 10.9 Å². The molecular weight excluding hydrogens is 324 g/mol. The van der Waals surface area contributed by atoms with E-state index < -0.39 is 0 Å². The first-order valence-electron chi connectivity index (χ1n) is 8.40. The summed E-state index contributed by atoms with van der Waals surface area (Å²) < 4.78 is 0. The molecule has 0 aliphatic carbocycles. The van der Waals surface area contributed by atoms with Crippen LogP contribution in [0.25, 0.3) is 22.3 Å². The predicted molar refractivity (Wildman–Crippen MR) is 106 cm³/mol. The number of hydrogen-bond donors (Lipinski definition) is 3. The summed E-state index contributed by atoms with van der Waals surface area (Å²) in [5.74, 6) is 0.287. The van der Waals surface area contributed by atoms with Crippen LogP contribution >= 0.6 is 0 Å². The van der Waals surface area contributed by atoms with E-state index in [1.54, 1.807) is 12.1 Å². The Hall–Kier alpha value is -3.27. The molecule has 0 bridgehead atoms. The Bertz CT molecular complexity index is 990. The van der Waals surface area contributed by atoms with Gasteiger partial charge in [-0.15, -0.1) is 0 Å². The van der Waals surface area contributed by atoms with Crippen LogP contribution in [0.2, 0.25) is 0 Å². The number of nitrogens with two attached hydrogens (primary N) is 1. The van der Waals surface area contributed by atoms with Crippen molar-refractivity contribution < 1.29 is 10.3 Å². The van der Waals surface area contributed by atoms with Crippen LogP contribution in [0.3, 0.4) is 0 Å². The Morgan fingerprint density at radius 1 is 0.846 bits per heavy atom. The van der Waals surface area contributed by atoms with E-state index in [1.165, 1.54) is 5.56 Å². The largest absolute Gasteiger partial charge is 0.508 e. The molecule has 4 heteroatoms. The number of phenolic OH excluding ortho intramolecular Hbond substituents is 1. The first-order valence-corrected chi connectivity index (χ1v) is 8.40. The highest BCUT2D eigenvalue weighted by molar-refractivity contribution is 6.07. The van der Waals surface area contributed by atoms with Gasteiger partial charge in [-0.3, -0.25) is 0 Å². The maximum Gasteiger partial charge on any atom is 0.170 e. The van der Waals surface area contributed by atoms with E-state index >= 15 is 0 Å². The number of amidine groups is 1. The molecule has 4 N–H and O–H groups in total. The second kappa shape index (κ2) is 6.92. The zero-order valence-corrected chi connectivity index (χ0v) is 15.1. The Morgan fingerprint density at radius 3 is 2.15 bits per heavy atom. The molecule has 0 amide bonds. The predicted octanol–water partition coefficient (Wildman–Crippen LogP) is 4.75. The van der Waals surface area contributed by atoms with E-state index in [1.807, 2.05) is 25.1 Å². The van der Waals surface area contributed by atoms with E-state index in [4.69, 9.17) is 5.73 Å². The molecular formula is C22H22N2O2. The summed E-state index contributed by atoms with van der Waals surface area (Å²) in [5.41, 5.74) is 13.8. The second-order valence-electron chi connectivity index (χ2n) is 6.59. The van der Waals surface area contributed by atoms with Crippen molar-refractivity contribution in [2.45, 2.75) is 20.8 Å². The average molecular weight is 346 g/mol. The molecule has 0 aliphatic rings. The number of nitrogens with zero attached hydrogens (tertiary/aromatic N) is 1. The summed E-state index contributed by atoms with van der Waals surface area (Å²) in [6.07, 6.45) is 0. The van der Waals surface area contributed by atoms with Crippen LogP contribution in [-0.2, 0) is 0 Å². The van der Waals surface area contributed by atoms with Crippen molar-refractivity contribution in [2.75, 3.05) is 0 Å². The fourth-order valence-electron chi connectivity index (χ4n) is 3.30. The van der Waals surface area contributed by atoms with E-state index in [9.17, 15) is 10.3 Å². The van der Waals surface area contributed by atoms with Gasteiger partial charge in [-0.1, -0.05) is 47.1 Å². The minimum atomic E-state index is 0.0729. The lowest BCUT2D eigenvalue weighted by molar-refractivity contribution is 0.318. The van der Waals surface area contributed by atoms with Gasteiger partial charge < -0.3 is 16.0 Å². The van der Waals surface area contributed by atoms with Crippen LogP contribution in [0.4, 0.5) is 0 Å². The molecule has 3 rings (SSSR count). The molecule has 26 heavy (non-hydrogen) atoms. The molecule has 0 saturated carbocycles. The number of hydrogen-bond acceptors (Lipinski definition) is 3. The third kappa shape index (κ3) is 3.26. The van der Waals surface area contributed by atoms with E-state index in [2.05, 4.69) is 43.3 Å². The van der Waals surface area contributed by atoms with Crippen molar-refractivity contribution in [1.29, 1.82) is 0 Å². The Labute approximate surface area is 153 Å². The molecule has 0 radical (unpaired) electrons. The maximum absolute atomic E-state index is 9.63. The summed E-state index contributed by atoms with van der Waals surface area (Å²) in [6, 6.07) is 17.3. The van der Waals surface area contributed by atoms with E-state index in [-0.39, 0.29) is 11.6 Å². The van der Waals surface area contributed by atoms with Gasteiger partial charge in [0.1, 0.15) is 5.75 Å². The lowest BCUT2D eigenvalue weighted by atomic mass is 9.86. The molecule has 3 aromatic rings. The Morgan fingerprint density at radius 2 is 1.54 bits per heavy atom. The zero-order chi connectivity index (χ0) is 18.8. The fourth-order valence-corrected chi connectivity index (χ4v) is 3.30. The molecule has 0 aromatic heterocycles. The number of phenols is 1. The van der Waals surface area contributed by atoms with Crippen molar-refractivity contribution in [1.82, 2.24) is 0 Å². The molecule has 0 spiro atoms. The molecule has 3 aromatic carbocycles. The number of rotatable bonds is 3. The van der Waals surface area contributed by atoms with Crippen molar-refractivity contribution in [3.63, 3.8) is 0 Å². The molecule has 0 aliphatic heterocycles. The molecule has 0 saturated heterocycles. The van der Waals surface area contributed by atoms with Crippen molar-refractivity contribution >= 4 is 5.84 Å². The number of oxime groups is 1. The highest BCUT2D eigenvalue weighted by Crippen LogP contribution is 2.38. The van der Waals surface area contributed by atoms with Crippen LogP contribution in [0, 0.1) is 20.8 Å². The molecule has 132 valence electrons. The van der Waals surface area contributed by atoms with E-state index in [0.717, 1.165) is 33.4 Å². The quantitative estimate of drug-likeness (QED) is 0.277. The van der Waals surface area contributed by atoms with Gasteiger partial charge in [0.15, 0.2) is 5.84 Å². The second-order valence-corrected chi connectivity index (χ2v) is 6.59. The lowest BCUT2D eigenvalue weighted by Gasteiger charge is -2.18. The Kier molecular flexibility index (Phi) is 4.67. The molecule has 0 unspecified atom stereocenters. The smallest absolute Gasteiger partial charge is 0.170 e. The molecule has 4 nitrogen and oxygen atoms in total. The van der Waals surface area contributed by atoms with Gasteiger partial charge >= 0.3 is 0 Å². The molecule has 0 fully saturated rings. The summed E-state index contributed by atoms with van der Waals surface area (Å²) in [4.78, 5) is 0. The van der Waals surface area contributed by atoms with Gasteiger partial charge in [-0.2, -0.15) is 0 Å². The van der Waals surface area contributed by atoms with Crippen LogP contribution < -0.4 is 5.73 Å². The summed E-state index contributed by atoms with van der Waals surface area (Å²) in [6.45, 7) is 6.08. The van der Waals surface area contributed by atoms with Gasteiger partial charge in [0.05, 0.1) is 0 Å². The first kappa shape index (κ1) is 17.5. The average Bonchev–Trinajstić information content (AvgIpc) is 2.61. The highest BCUT2D eigenvalue weighted by Gasteiger charge is 2.18.